The first-order valence-electron chi connectivity index (χ1n) is 6.77. The molecule has 20 heavy (non-hydrogen) atoms. The molecule has 3 rings (SSSR count). The van der Waals surface area contributed by atoms with Crippen LogP contribution in [0.15, 0.2) is 18.5 Å². The van der Waals surface area contributed by atoms with Crippen LogP contribution in [0, 0.1) is 6.92 Å². The zero-order chi connectivity index (χ0) is 14.3. The highest BCUT2D eigenvalue weighted by molar-refractivity contribution is 5.63. The third kappa shape index (κ3) is 2.09. The second-order valence-corrected chi connectivity index (χ2v) is 5.47. The first-order valence-corrected chi connectivity index (χ1v) is 6.77. The molecule has 0 N–H and O–H groups in total. The summed E-state index contributed by atoms with van der Waals surface area (Å²) in [5, 5.41) is 0. The molecule has 0 fully saturated rings. The predicted octanol–water partition coefficient (Wildman–Crippen LogP) is 1.91. The van der Waals surface area contributed by atoms with Gasteiger partial charge in [-0.15, -0.1) is 0 Å². The normalized spacial score (nSPS) is 13.5. The fraction of sp³-hybridized carbons (Fsp3) is 0.400. The molecule has 0 atom stereocenters. The van der Waals surface area contributed by atoms with Crippen molar-refractivity contribution in [1.82, 2.24) is 15.0 Å². The number of aryl methyl sites for hydroxylation is 1. The predicted molar refractivity (Wildman–Crippen MR) is 81.3 cm³/mol. The maximum Gasteiger partial charge on any atom is 0.163 e. The van der Waals surface area contributed by atoms with Crippen LogP contribution in [0.4, 0.5) is 11.6 Å². The largest absolute Gasteiger partial charge is 0.362 e. The fourth-order valence-electron chi connectivity index (χ4n) is 2.57. The molecule has 5 heteroatoms. The average Bonchev–Trinajstić information content (AvgIpc) is 2.80. The van der Waals surface area contributed by atoms with E-state index in [0.29, 0.717) is 0 Å². The number of pyridine rings is 1. The minimum Gasteiger partial charge on any atom is -0.362 e. The van der Waals surface area contributed by atoms with Gasteiger partial charge in [-0.2, -0.15) is 0 Å². The summed E-state index contributed by atoms with van der Waals surface area (Å²) < 4.78 is 0. The molecule has 0 bridgehead atoms. The van der Waals surface area contributed by atoms with Gasteiger partial charge in [0.25, 0.3) is 0 Å². The first-order chi connectivity index (χ1) is 9.56. The van der Waals surface area contributed by atoms with Crippen LogP contribution in [0.2, 0.25) is 0 Å². The van der Waals surface area contributed by atoms with E-state index in [1.807, 2.05) is 38.3 Å². The van der Waals surface area contributed by atoms with Crippen molar-refractivity contribution in [3.63, 3.8) is 0 Å². The van der Waals surface area contributed by atoms with E-state index in [0.717, 1.165) is 41.6 Å². The zero-order valence-electron chi connectivity index (χ0n) is 12.4. The highest BCUT2D eigenvalue weighted by Crippen LogP contribution is 2.28. The lowest BCUT2D eigenvalue weighted by Gasteiger charge is -2.15. The Bertz CT molecular complexity index is 651. The number of likely N-dealkylation sites (N-methyl/N-ethyl adjacent to an activating group) is 1. The van der Waals surface area contributed by atoms with Crippen molar-refractivity contribution in [3.8, 4) is 11.4 Å². The topological polar surface area (TPSA) is 45.2 Å². The monoisotopic (exact) mass is 269 g/mol. The fourth-order valence-corrected chi connectivity index (χ4v) is 2.57. The van der Waals surface area contributed by atoms with E-state index >= 15 is 0 Å². The van der Waals surface area contributed by atoms with E-state index in [1.165, 1.54) is 5.56 Å². The summed E-state index contributed by atoms with van der Waals surface area (Å²) in [5.41, 5.74) is 3.34. The second-order valence-electron chi connectivity index (χ2n) is 5.47. The minimum atomic E-state index is 0.740. The first kappa shape index (κ1) is 12.8. The summed E-state index contributed by atoms with van der Waals surface area (Å²) in [7, 11) is 6.06. The van der Waals surface area contributed by atoms with Crippen LogP contribution in [0.3, 0.4) is 0 Å². The van der Waals surface area contributed by atoms with Crippen LogP contribution in [0.25, 0.3) is 11.4 Å². The van der Waals surface area contributed by atoms with Crippen molar-refractivity contribution in [3.05, 3.63) is 29.6 Å². The van der Waals surface area contributed by atoms with Gasteiger partial charge >= 0.3 is 0 Å². The van der Waals surface area contributed by atoms with Gasteiger partial charge < -0.3 is 9.80 Å². The van der Waals surface area contributed by atoms with Gasteiger partial charge in [-0.3, -0.25) is 0 Å². The smallest absolute Gasteiger partial charge is 0.163 e. The number of anilines is 2. The van der Waals surface area contributed by atoms with Crippen LogP contribution >= 0.6 is 0 Å². The minimum absolute atomic E-state index is 0.740. The molecule has 1 aliphatic heterocycles. The van der Waals surface area contributed by atoms with E-state index in [1.54, 1.807) is 0 Å². The highest BCUT2D eigenvalue weighted by atomic mass is 15.2. The van der Waals surface area contributed by atoms with Gasteiger partial charge in [0.15, 0.2) is 5.82 Å². The lowest BCUT2D eigenvalue weighted by atomic mass is 10.1. The highest BCUT2D eigenvalue weighted by Gasteiger charge is 2.18. The van der Waals surface area contributed by atoms with E-state index < -0.39 is 0 Å². The Labute approximate surface area is 119 Å². The number of nitrogens with zero attached hydrogens (tertiary/aromatic N) is 5. The van der Waals surface area contributed by atoms with Gasteiger partial charge in [-0.25, -0.2) is 15.0 Å². The van der Waals surface area contributed by atoms with Crippen molar-refractivity contribution < 1.29 is 0 Å². The molecule has 2 aromatic rings. The van der Waals surface area contributed by atoms with Crippen molar-refractivity contribution in [2.45, 2.75) is 13.3 Å². The Morgan fingerprint density at radius 2 is 2.00 bits per heavy atom. The molecule has 0 aliphatic carbocycles. The lowest BCUT2D eigenvalue weighted by molar-refractivity contribution is 0.945. The average molecular weight is 269 g/mol. The summed E-state index contributed by atoms with van der Waals surface area (Å²) in [4.78, 5) is 17.8. The van der Waals surface area contributed by atoms with Crippen molar-refractivity contribution >= 4 is 11.6 Å². The zero-order valence-corrected chi connectivity index (χ0v) is 12.4. The maximum atomic E-state index is 4.65. The molecule has 0 aromatic carbocycles. The molecule has 0 spiro atoms. The third-order valence-corrected chi connectivity index (χ3v) is 3.65. The molecule has 0 unspecified atom stereocenters. The molecular formula is C15H19N5. The van der Waals surface area contributed by atoms with E-state index in [9.17, 15) is 0 Å². The Kier molecular flexibility index (Phi) is 3.04. The number of fused-ring (bicyclic) bond motifs is 1. The van der Waals surface area contributed by atoms with Crippen LogP contribution in [0.1, 0.15) is 11.1 Å². The van der Waals surface area contributed by atoms with Crippen molar-refractivity contribution in [2.75, 3.05) is 37.5 Å². The summed E-state index contributed by atoms with van der Waals surface area (Å²) in [6, 6.07) is 2.16. The van der Waals surface area contributed by atoms with Gasteiger partial charge in [-0.05, 0) is 25.0 Å². The number of aromatic nitrogens is 3. The van der Waals surface area contributed by atoms with Gasteiger partial charge in [0.1, 0.15) is 11.6 Å². The summed E-state index contributed by atoms with van der Waals surface area (Å²) in [6.45, 7) is 3.05. The number of hydrogen-bond donors (Lipinski definition) is 0. The SMILES string of the molecule is Cc1cnc(-c2cnc3c(c2)CCN3C)nc1N(C)C. The summed E-state index contributed by atoms with van der Waals surface area (Å²) in [5.74, 6) is 2.77. The van der Waals surface area contributed by atoms with Gasteiger partial charge in [0.05, 0.1) is 0 Å². The quantitative estimate of drug-likeness (QED) is 0.833. The van der Waals surface area contributed by atoms with Crippen molar-refractivity contribution in [1.29, 1.82) is 0 Å². The summed E-state index contributed by atoms with van der Waals surface area (Å²) in [6.07, 6.45) is 4.78. The van der Waals surface area contributed by atoms with Crippen LogP contribution in [-0.4, -0.2) is 42.6 Å². The Balaban J connectivity index is 2.04. The Morgan fingerprint density at radius 3 is 2.75 bits per heavy atom. The standard InChI is InChI=1S/C15H19N5/c1-10-8-16-13(18-14(10)19(2)3)12-7-11-5-6-20(4)15(11)17-9-12/h7-9H,5-6H2,1-4H3. The van der Waals surface area contributed by atoms with E-state index in [-0.39, 0.29) is 0 Å². The molecule has 0 saturated heterocycles. The molecule has 0 saturated carbocycles. The Hall–Kier alpha value is -2.17. The maximum absolute atomic E-state index is 4.65. The van der Waals surface area contributed by atoms with Crippen LogP contribution in [0.5, 0.6) is 0 Å². The lowest BCUT2D eigenvalue weighted by Crippen LogP contribution is -2.14. The third-order valence-electron chi connectivity index (χ3n) is 3.65. The Morgan fingerprint density at radius 1 is 1.20 bits per heavy atom. The molecule has 3 heterocycles. The molecule has 0 radical (unpaired) electrons. The second kappa shape index (κ2) is 4.74. The summed E-state index contributed by atoms with van der Waals surface area (Å²) >= 11 is 0. The molecule has 104 valence electrons. The van der Waals surface area contributed by atoms with Crippen LogP contribution < -0.4 is 9.80 Å². The van der Waals surface area contributed by atoms with Crippen LogP contribution in [-0.2, 0) is 6.42 Å². The molecule has 0 amide bonds. The molecule has 2 aromatic heterocycles. The molecular weight excluding hydrogens is 250 g/mol. The number of hydrogen-bond acceptors (Lipinski definition) is 5. The number of rotatable bonds is 2. The van der Waals surface area contributed by atoms with E-state index in [4.69, 9.17) is 0 Å². The van der Waals surface area contributed by atoms with Gasteiger partial charge in [0.2, 0.25) is 0 Å². The van der Waals surface area contributed by atoms with Crippen molar-refractivity contribution in [2.24, 2.45) is 0 Å². The molecule has 1 aliphatic rings. The van der Waals surface area contributed by atoms with Gasteiger partial charge in [-0.1, -0.05) is 0 Å². The molecule has 5 nitrogen and oxygen atoms in total. The van der Waals surface area contributed by atoms with Gasteiger partial charge in [0, 0.05) is 51.2 Å². The van der Waals surface area contributed by atoms with E-state index in [2.05, 4.69) is 33.0 Å².